The summed E-state index contributed by atoms with van der Waals surface area (Å²) in [6.45, 7) is 7.81. The summed E-state index contributed by atoms with van der Waals surface area (Å²) in [6, 6.07) is 8.03. The summed E-state index contributed by atoms with van der Waals surface area (Å²) in [4.78, 5) is 36.0. The largest absolute Gasteiger partial charge is 0.455 e. The van der Waals surface area contributed by atoms with E-state index in [0.29, 0.717) is 23.2 Å². The average Bonchev–Trinajstić information content (AvgIpc) is 3.28. The van der Waals surface area contributed by atoms with E-state index >= 15 is 0 Å². The van der Waals surface area contributed by atoms with Crippen molar-refractivity contribution in [2.45, 2.75) is 38.5 Å². The van der Waals surface area contributed by atoms with Gasteiger partial charge in [0.05, 0.1) is 19.6 Å². The van der Waals surface area contributed by atoms with E-state index in [9.17, 15) is 9.59 Å². The molecule has 3 aromatic rings. The Labute approximate surface area is 208 Å². The second kappa shape index (κ2) is 11.6. The Bertz CT molecular complexity index is 1210. The zero-order valence-electron chi connectivity index (χ0n) is 20.2. The van der Waals surface area contributed by atoms with Crippen molar-refractivity contribution in [3.05, 3.63) is 52.3 Å². The molecule has 35 heavy (non-hydrogen) atoms. The normalized spacial score (nSPS) is 14.3. The molecule has 0 spiro atoms. The summed E-state index contributed by atoms with van der Waals surface area (Å²) in [7, 11) is 0. The number of nitrogens with zero attached hydrogens (tertiary/aromatic N) is 5. The number of morpholine rings is 1. The highest BCUT2D eigenvalue weighted by Gasteiger charge is 2.18. The molecule has 0 bridgehead atoms. The molecule has 0 saturated carbocycles. The molecule has 10 nitrogen and oxygen atoms in total. The van der Waals surface area contributed by atoms with Crippen LogP contribution < -0.4 is 5.32 Å². The van der Waals surface area contributed by atoms with Gasteiger partial charge < -0.3 is 14.8 Å². The third kappa shape index (κ3) is 6.36. The monoisotopic (exact) mass is 498 g/mol. The lowest BCUT2D eigenvalue weighted by Gasteiger charge is -2.27. The topological polar surface area (TPSA) is 111 Å². The number of ether oxygens (including phenoxy) is 2. The van der Waals surface area contributed by atoms with E-state index in [-0.39, 0.29) is 18.9 Å². The minimum absolute atomic E-state index is 0.00469. The van der Waals surface area contributed by atoms with Crippen LogP contribution in [0.2, 0.25) is 0 Å². The molecule has 1 saturated heterocycles. The Kier molecular flexibility index (Phi) is 8.32. The SMILES string of the molecule is CSc1nc2nc(C)c(CC(=O)OCC(=O)NCc3ccccc3CN3CCOCC3)c(C)n2n1. The predicted molar refractivity (Wildman–Crippen MR) is 131 cm³/mol. The molecular weight excluding hydrogens is 468 g/mol. The van der Waals surface area contributed by atoms with Crippen molar-refractivity contribution in [3.8, 4) is 0 Å². The molecule has 0 atom stereocenters. The van der Waals surface area contributed by atoms with Gasteiger partial charge in [-0.1, -0.05) is 36.0 Å². The third-order valence-corrected chi connectivity index (χ3v) is 6.53. The standard InChI is InChI=1S/C24H30N6O4S/c1-16-20(17(2)30-23(26-16)27-24(28-30)35-3)12-22(32)34-15-21(31)25-13-18-6-4-5-7-19(18)14-29-8-10-33-11-9-29/h4-7H,8-15H2,1-3H3,(H,25,31). The second-order valence-corrected chi connectivity index (χ2v) is 9.12. The number of hydrogen-bond donors (Lipinski definition) is 1. The van der Waals surface area contributed by atoms with Gasteiger partial charge >= 0.3 is 5.97 Å². The van der Waals surface area contributed by atoms with Crippen LogP contribution in [0.15, 0.2) is 29.4 Å². The molecule has 0 aliphatic carbocycles. The van der Waals surface area contributed by atoms with Gasteiger partial charge in [-0.05, 0) is 31.2 Å². The maximum Gasteiger partial charge on any atom is 0.310 e. The van der Waals surface area contributed by atoms with Crippen LogP contribution in [0.5, 0.6) is 0 Å². The quantitative estimate of drug-likeness (QED) is 0.348. The number of nitrogens with one attached hydrogen (secondary N) is 1. The van der Waals surface area contributed by atoms with Crippen LogP contribution in [0.3, 0.4) is 0 Å². The van der Waals surface area contributed by atoms with Crippen LogP contribution in [0.1, 0.15) is 28.1 Å². The Balaban J connectivity index is 1.29. The van der Waals surface area contributed by atoms with Gasteiger partial charge in [0.2, 0.25) is 5.16 Å². The number of benzene rings is 1. The highest BCUT2D eigenvalue weighted by molar-refractivity contribution is 7.98. The summed E-state index contributed by atoms with van der Waals surface area (Å²) in [5.41, 5.74) is 4.39. The predicted octanol–water partition coefficient (Wildman–Crippen LogP) is 1.70. The van der Waals surface area contributed by atoms with Crippen molar-refractivity contribution in [1.29, 1.82) is 0 Å². The zero-order valence-corrected chi connectivity index (χ0v) is 21.1. The molecule has 1 amide bonds. The molecule has 1 aromatic carbocycles. The first-order valence-electron chi connectivity index (χ1n) is 11.5. The number of aryl methyl sites for hydroxylation is 2. The van der Waals surface area contributed by atoms with Crippen molar-refractivity contribution in [1.82, 2.24) is 29.8 Å². The van der Waals surface area contributed by atoms with Crippen LogP contribution >= 0.6 is 11.8 Å². The Morgan fingerprint density at radius 2 is 1.89 bits per heavy atom. The van der Waals surface area contributed by atoms with E-state index in [1.165, 1.54) is 17.3 Å². The lowest BCUT2D eigenvalue weighted by molar-refractivity contribution is -0.147. The number of aromatic nitrogens is 4. The lowest BCUT2D eigenvalue weighted by Crippen LogP contribution is -2.36. The summed E-state index contributed by atoms with van der Waals surface area (Å²) >= 11 is 1.43. The molecule has 0 radical (unpaired) electrons. The van der Waals surface area contributed by atoms with E-state index in [2.05, 4.69) is 31.3 Å². The molecule has 0 unspecified atom stereocenters. The molecule has 186 valence electrons. The number of thioether (sulfide) groups is 1. The first kappa shape index (κ1) is 25.1. The fraction of sp³-hybridized carbons (Fsp3) is 0.458. The molecule has 1 fully saturated rings. The minimum atomic E-state index is -0.495. The van der Waals surface area contributed by atoms with Gasteiger partial charge in [-0.3, -0.25) is 14.5 Å². The van der Waals surface area contributed by atoms with Crippen LogP contribution in [-0.2, 0) is 38.6 Å². The number of amides is 1. The van der Waals surface area contributed by atoms with Crippen molar-refractivity contribution < 1.29 is 19.1 Å². The van der Waals surface area contributed by atoms with Crippen molar-refractivity contribution in [2.24, 2.45) is 0 Å². The number of carbonyl (C=O) groups excluding carboxylic acids is 2. The van der Waals surface area contributed by atoms with Crippen molar-refractivity contribution in [3.63, 3.8) is 0 Å². The fourth-order valence-corrected chi connectivity index (χ4v) is 4.34. The van der Waals surface area contributed by atoms with Gasteiger partial charge in [-0.15, -0.1) is 5.10 Å². The second-order valence-electron chi connectivity index (χ2n) is 8.34. The maximum atomic E-state index is 12.5. The molecule has 2 aromatic heterocycles. The molecule has 4 rings (SSSR count). The zero-order chi connectivity index (χ0) is 24.8. The highest BCUT2D eigenvalue weighted by Crippen LogP contribution is 2.17. The maximum absolute atomic E-state index is 12.5. The van der Waals surface area contributed by atoms with E-state index in [4.69, 9.17) is 9.47 Å². The smallest absolute Gasteiger partial charge is 0.310 e. The van der Waals surface area contributed by atoms with Gasteiger partial charge in [0, 0.05) is 43.1 Å². The molecule has 1 aliphatic heterocycles. The van der Waals surface area contributed by atoms with Gasteiger partial charge in [0.25, 0.3) is 11.7 Å². The molecular formula is C24H30N6O4S. The summed E-state index contributed by atoms with van der Waals surface area (Å²) in [6.07, 6.45) is 1.90. The van der Waals surface area contributed by atoms with Gasteiger partial charge in [0.15, 0.2) is 6.61 Å². The number of fused-ring (bicyclic) bond motifs is 1. The molecule has 3 heterocycles. The van der Waals surface area contributed by atoms with Crippen molar-refractivity contribution >= 4 is 29.4 Å². The van der Waals surface area contributed by atoms with Crippen molar-refractivity contribution in [2.75, 3.05) is 39.2 Å². The number of hydrogen-bond acceptors (Lipinski definition) is 9. The first-order chi connectivity index (χ1) is 16.9. The third-order valence-electron chi connectivity index (χ3n) is 5.99. The van der Waals surface area contributed by atoms with E-state index < -0.39 is 5.97 Å². The van der Waals surface area contributed by atoms with Gasteiger partial charge in [-0.25, -0.2) is 9.50 Å². The van der Waals surface area contributed by atoms with Crippen LogP contribution in [0.4, 0.5) is 0 Å². The van der Waals surface area contributed by atoms with Crippen LogP contribution in [0.25, 0.3) is 5.78 Å². The summed E-state index contributed by atoms with van der Waals surface area (Å²) in [5, 5.41) is 7.86. The number of esters is 1. The molecule has 1 aliphatic rings. The fourth-order valence-electron chi connectivity index (χ4n) is 4.00. The number of rotatable bonds is 9. The molecule has 1 N–H and O–H groups in total. The van der Waals surface area contributed by atoms with Gasteiger partial charge in [0.1, 0.15) is 0 Å². The molecule has 11 heteroatoms. The van der Waals surface area contributed by atoms with E-state index in [1.54, 1.807) is 4.52 Å². The number of carbonyl (C=O) groups is 2. The lowest BCUT2D eigenvalue weighted by atomic mass is 10.1. The first-order valence-corrected chi connectivity index (χ1v) is 12.7. The summed E-state index contributed by atoms with van der Waals surface area (Å²) < 4.78 is 12.3. The van der Waals surface area contributed by atoms with Crippen LogP contribution in [-0.4, -0.2) is 75.5 Å². The Hall–Kier alpha value is -3.02. The average molecular weight is 499 g/mol. The van der Waals surface area contributed by atoms with E-state index in [1.807, 2.05) is 38.3 Å². The highest BCUT2D eigenvalue weighted by atomic mass is 32.2. The summed E-state index contributed by atoms with van der Waals surface area (Å²) in [5.74, 6) is -0.345. The minimum Gasteiger partial charge on any atom is -0.455 e. The Morgan fingerprint density at radius 1 is 1.14 bits per heavy atom. The van der Waals surface area contributed by atoms with Gasteiger partial charge in [-0.2, -0.15) is 4.98 Å². The van der Waals surface area contributed by atoms with Crippen LogP contribution in [0, 0.1) is 13.8 Å². The van der Waals surface area contributed by atoms with E-state index in [0.717, 1.165) is 49.7 Å². The Morgan fingerprint density at radius 3 is 2.63 bits per heavy atom.